The van der Waals surface area contributed by atoms with Crippen LogP contribution < -0.4 is 16.0 Å². The van der Waals surface area contributed by atoms with Gasteiger partial charge in [-0.1, -0.05) is 54.1 Å². The number of benzene rings is 3. The summed E-state index contributed by atoms with van der Waals surface area (Å²) in [6.07, 6.45) is 0. The molecule has 0 aliphatic rings. The number of amides is 2. The van der Waals surface area contributed by atoms with Crippen LogP contribution in [0.2, 0.25) is 5.02 Å². The third-order valence-electron chi connectivity index (χ3n) is 4.28. The van der Waals surface area contributed by atoms with E-state index in [-0.39, 0.29) is 23.4 Å². The molecule has 0 aliphatic carbocycles. The smallest absolute Gasteiger partial charge is 0.253 e. The Kier molecular flexibility index (Phi) is 7.04. The van der Waals surface area contributed by atoms with Crippen LogP contribution in [0.4, 0.5) is 11.4 Å². The summed E-state index contributed by atoms with van der Waals surface area (Å²) in [7, 11) is 0. The molecule has 6 nitrogen and oxygen atoms in total. The number of nitriles is 1. The summed E-state index contributed by atoms with van der Waals surface area (Å²) in [4.78, 5) is 24.8. The highest BCUT2D eigenvalue weighted by Crippen LogP contribution is 2.20. The molecule has 0 radical (unpaired) electrons. The first-order chi connectivity index (χ1) is 14.6. The Morgan fingerprint density at radius 2 is 1.70 bits per heavy atom. The number of anilines is 2. The van der Waals surface area contributed by atoms with E-state index >= 15 is 0 Å². The molecule has 0 atom stereocenters. The van der Waals surface area contributed by atoms with Crippen LogP contribution in [-0.4, -0.2) is 18.4 Å². The van der Waals surface area contributed by atoms with Crippen LogP contribution in [0.5, 0.6) is 0 Å². The third kappa shape index (κ3) is 5.60. The summed E-state index contributed by atoms with van der Waals surface area (Å²) in [5, 5.41) is 17.8. The summed E-state index contributed by atoms with van der Waals surface area (Å²) < 4.78 is 0. The van der Waals surface area contributed by atoms with Crippen molar-refractivity contribution in [3.8, 4) is 6.07 Å². The molecule has 3 N–H and O–H groups in total. The van der Waals surface area contributed by atoms with Gasteiger partial charge in [0, 0.05) is 17.9 Å². The molecule has 3 rings (SSSR count). The Bertz CT molecular complexity index is 1090. The van der Waals surface area contributed by atoms with Gasteiger partial charge in [0.2, 0.25) is 5.91 Å². The zero-order chi connectivity index (χ0) is 21.3. The number of rotatable bonds is 7. The van der Waals surface area contributed by atoms with E-state index in [2.05, 4.69) is 16.0 Å². The molecule has 0 saturated heterocycles. The number of para-hydroxylation sites is 1. The Morgan fingerprint density at radius 3 is 2.43 bits per heavy atom. The molecule has 0 aliphatic heterocycles. The molecule has 3 aromatic rings. The van der Waals surface area contributed by atoms with E-state index in [0.29, 0.717) is 29.0 Å². The fourth-order valence-electron chi connectivity index (χ4n) is 2.77. The Hall–Kier alpha value is -3.82. The highest BCUT2D eigenvalue weighted by atomic mass is 35.5. The van der Waals surface area contributed by atoms with Gasteiger partial charge in [0.1, 0.15) is 6.07 Å². The van der Waals surface area contributed by atoms with Gasteiger partial charge in [0.05, 0.1) is 22.7 Å². The maximum Gasteiger partial charge on any atom is 0.253 e. The predicted octanol–water partition coefficient (Wildman–Crippen LogP) is 4.19. The van der Waals surface area contributed by atoms with Crippen molar-refractivity contribution in [2.75, 3.05) is 17.2 Å². The SMILES string of the molecule is N#Cc1ccc(NC(=O)CNc2ccccc2C(=O)NCc2ccccc2)cc1Cl. The van der Waals surface area contributed by atoms with E-state index in [1.54, 1.807) is 30.3 Å². The standard InChI is InChI=1S/C23H19ClN4O2/c24-20-12-18(11-10-17(20)13-25)28-22(29)15-26-21-9-5-4-8-19(21)23(30)27-14-16-6-2-1-3-7-16/h1-12,26H,14-15H2,(H,27,30)(H,28,29). The van der Waals surface area contributed by atoms with E-state index in [9.17, 15) is 9.59 Å². The lowest BCUT2D eigenvalue weighted by molar-refractivity contribution is -0.114. The van der Waals surface area contributed by atoms with Crippen molar-refractivity contribution >= 4 is 34.8 Å². The van der Waals surface area contributed by atoms with Gasteiger partial charge in [-0.15, -0.1) is 0 Å². The molecule has 0 spiro atoms. The van der Waals surface area contributed by atoms with Crippen molar-refractivity contribution in [2.45, 2.75) is 6.54 Å². The van der Waals surface area contributed by atoms with Gasteiger partial charge >= 0.3 is 0 Å². The van der Waals surface area contributed by atoms with Gasteiger partial charge in [0.15, 0.2) is 0 Å². The molecular weight excluding hydrogens is 400 g/mol. The van der Waals surface area contributed by atoms with Crippen molar-refractivity contribution < 1.29 is 9.59 Å². The second-order valence-corrected chi connectivity index (χ2v) is 6.83. The van der Waals surface area contributed by atoms with Gasteiger partial charge in [0.25, 0.3) is 5.91 Å². The lowest BCUT2D eigenvalue weighted by Gasteiger charge is -2.13. The molecule has 30 heavy (non-hydrogen) atoms. The highest BCUT2D eigenvalue weighted by molar-refractivity contribution is 6.32. The van der Waals surface area contributed by atoms with Crippen LogP contribution in [0.15, 0.2) is 72.8 Å². The van der Waals surface area contributed by atoms with Crippen LogP contribution in [-0.2, 0) is 11.3 Å². The molecule has 2 amide bonds. The lowest BCUT2D eigenvalue weighted by atomic mass is 10.1. The number of hydrogen-bond acceptors (Lipinski definition) is 4. The number of nitrogens with one attached hydrogen (secondary N) is 3. The zero-order valence-electron chi connectivity index (χ0n) is 16.0. The minimum atomic E-state index is -0.310. The average Bonchev–Trinajstić information content (AvgIpc) is 2.77. The van der Waals surface area contributed by atoms with Crippen molar-refractivity contribution in [3.63, 3.8) is 0 Å². The quantitative estimate of drug-likeness (QED) is 0.536. The summed E-state index contributed by atoms with van der Waals surface area (Å²) >= 11 is 5.98. The first-order valence-electron chi connectivity index (χ1n) is 9.21. The molecule has 0 unspecified atom stereocenters. The topological polar surface area (TPSA) is 94.0 Å². The van der Waals surface area contributed by atoms with E-state index < -0.39 is 0 Å². The minimum Gasteiger partial charge on any atom is -0.376 e. The molecule has 0 saturated carbocycles. The van der Waals surface area contributed by atoms with Gasteiger partial charge in [-0.2, -0.15) is 5.26 Å². The van der Waals surface area contributed by atoms with Crippen LogP contribution in [0.3, 0.4) is 0 Å². The Balaban J connectivity index is 1.59. The molecule has 0 heterocycles. The zero-order valence-corrected chi connectivity index (χ0v) is 16.7. The second kappa shape index (κ2) is 10.1. The molecule has 150 valence electrons. The molecule has 3 aromatic carbocycles. The Morgan fingerprint density at radius 1 is 0.967 bits per heavy atom. The maximum absolute atomic E-state index is 12.6. The Labute approximate surface area is 179 Å². The summed E-state index contributed by atoms with van der Waals surface area (Å²) in [6.45, 7) is 0.370. The van der Waals surface area contributed by atoms with Crippen LogP contribution in [0, 0.1) is 11.3 Å². The van der Waals surface area contributed by atoms with E-state index in [4.69, 9.17) is 16.9 Å². The molecule has 7 heteroatoms. The lowest BCUT2D eigenvalue weighted by Crippen LogP contribution is -2.26. The number of hydrogen-bond donors (Lipinski definition) is 3. The van der Waals surface area contributed by atoms with Crippen LogP contribution >= 0.6 is 11.6 Å². The number of nitrogens with zero attached hydrogens (tertiary/aromatic N) is 1. The van der Waals surface area contributed by atoms with E-state index in [0.717, 1.165) is 5.56 Å². The van der Waals surface area contributed by atoms with E-state index in [1.807, 2.05) is 36.4 Å². The average molecular weight is 419 g/mol. The minimum absolute atomic E-state index is 0.0411. The number of halogens is 1. The molecule has 0 aromatic heterocycles. The van der Waals surface area contributed by atoms with Crippen LogP contribution in [0.1, 0.15) is 21.5 Å². The van der Waals surface area contributed by atoms with Gasteiger partial charge < -0.3 is 16.0 Å². The summed E-state index contributed by atoms with van der Waals surface area (Å²) in [5.74, 6) is -0.545. The fraction of sp³-hybridized carbons (Fsp3) is 0.0870. The molecule has 0 bridgehead atoms. The first-order valence-corrected chi connectivity index (χ1v) is 9.59. The van der Waals surface area contributed by atoms with Gasteiger partial charge in [-0.3, -0.25) is 9.59 Å². The molecule has 0 fully saturated rings. The molecular formula is C23H19ClN4O2. The van der Waals surface area contributed by atoms with Crippen LogP contribution in [0.25, 0.3) is 0 Å². The van der Waals surface area contributed by atoms with E-state index in [1.165, 1.54) is 12.1 Å². The monoisotopic (exact) mass is 418 g/mol. The van der Waals surface area contributed by atoms with Crippen molar-refractivity contribution in [2.24, 2.45) is 0 Å². The van der Waals surface area contributed by atoms with Gasteiger partial charge in [-0.25, -0.2) is 0 Å². The third-order valence-corrected chi connectivity index (χ3v) is 4.59. The normalized spacial score (nSPS) is 10.0. The summed E-state index contributed by atoms with van der Waals surface area (Å²) in [5.41, 5.74) is 2.82. The number of carbonyl (C=O) groups excluding carboxylic acids is 2. The second-order valence-electron chi connectivity index (χ2n) is 6.42. The largest absolute Gasteiger partial charge is 0.376 e. The van der Waals surface area contributed by atoms with Crippen molar-refractivity contribution in [1.29, 1.82) is 5.26 Å². The maximum atomic E-state index is 12.6. The number of carbonyl (C=O) groups is 2. The van der Waals surface area contributed by atoms with Crippen molar-refractivity contribution in [3.05, 3.63) is 94.5 Å². The first kappa shape index (κ1) is 20.9. The van der Waals surface area contributed by atoms with Crippen molar-refractivity contribution in [1.82, 2.24) is 5.32 Å². The van der Waals surface area contributed by atoms with Gasteiger partial charge in [-0.05, 0) is 35.9 Å². The fourth-order valence-corrected chi connectivity index (χ4v) is 3.00. The summed E-state index contributed by atoms with van der Waals surface area (Å²) in [6, 6.07) is 23.2. The highest BCUT2D eigenvalue weighted by Gasteiger charge is 2.12. The predicted molar refractivity (Wildman–Crippen MR) is 117 cm³/mol.